The van der Waals surface area contributed by atoms with Gasteiger partial charge in [0.25, 0.3) is 5.91 Å². The molecule has 1 amide bonds. The smallest absolute Gasteiger partial charge is 0.252 e. The standard InChI is InChI=1S/C24H30FN3O2/c1-27-16-18(7-8-22(27)29)23(30)26-21-9-13-28(14-10-21)17-24(11-2-3-12-24)19-5-4-6-20(25)15-19/h4-8,15-16,21H,2-3,9-14,17H2,1H3,(H,26,30). The Labute approximate surface area is 176 Å². The third kappa shape index (κ3) is 4.48. The molecule has 2 aliphatic rings. The van der Waals surface area contributed by atoms with Gasteiger partial charge < -0.3 is 14.8 Å². The quantitative estimate of drug-likeness (QED) is 0.822. The van der Waals surface area contributed by atoms with Gasteiger partial charge >= 0.3 is 0 Å². The fraction of sp³-hybridized carbons (Fsp3) is 0.500. The molecule has 0 spiro atoms. The number of likely N-dealkylation sites (tertiary alicyclic amines) is 1. The maximum absolute atomic E-state index is 13.9. The molecule has 0 atom stereocenters. The first kappa shape index (κ1) is 20.8. The zero-order valence-corrected chi connectivity index (χ0v) is 17.6. The molecule has 1 saturated heterocycles. The Morgan fingerprint density at radius 3 is 2.57 bits per heavy atom. The van der Waals surface area contributed by atoms with Crippen LogP contribution >= 0.6 is 0 Å². The lowest BCUT2D eigenvalue weighted by atomic mass is 9.78. The monoisotopic (exact) mass is 411 g/mol. The van der Waals surface area contributed by atoms with Crippen molar-refractivity contribution < 1.29 is 9.18 Å². The van der Waals surface area contributed by atoms with Gasteiger partial charge in [-0.1, -0.05) is 25.0 Å². The van der Waals surface area contributed by atoms with Crippen molar-refractivity contribution in [2.24, 2.45) is 7.05 Å². The van der Waals surface area contributed by atoms with Gasteiger partial charge in [-0.15, -0.1) is 0 Å². The highest BCUT2D eigenvalue weighted by Gasteiger charge is 2.38. The third-order valence-electron chi connectivity index (χ3n) is 6.79. The van der Waals surface area contributed by atoms with Crippen LogP contribution in [-0.2, 0) is 12.5 Å². The maximum atomic E-state index is 13.9. The molecule has 1 aliphatic carbocycles. The van der Waals surface area contributed by atoms with E-state index in [0.29, 0.717) is 5.56 Å². The molecule has 2 fully saturated rings. The summed E-state index contributed by atoms with van der Waals surface area (Å²) in [7, 11) is 1.65. The van der Waals surface area contributed by atoms with Crippen molar-refractivity contribution in [3.05, 3.63) is 69.9 Å². The number of hydrogen-bond acceptors (Lipinski definition) is 3. The minimum Gasteiger partial charge on any atom is -0.349 e. The van der Waals surface area contributed by atoms with Crippen LogP contribution in [0.25, 0.3) is 0 Å². The highest BCUT2D eigenvalue weighted by atomic mass is 19.1. The maximum Gasteiger partial charge on any atom is 0.252 e. The number of piperidine rings is 1. The van der Waals surface area contributed by atoms with Crippen LogP contribution in [0.5, 0.6) is 0 Å². The Morgan fingerprint density at radius 2 is 1.90 bits per heavy atom. The second-order valence-corrected chi connectivity index (χ2v) is 8.89. The molecule has 0 bridgehead atoms. The summed E-state index contributed by atoms with van der Waals surface area (Å²) in [6.07, 6.45) is 7.99. The summed E-state index contributed by atoms with van der Waals surface area (Å²) in [5, 5.41) is 3.11. The van der Waals surface area contributed by atoms with Crippen LogP contribution < -0.4 is 10.9 Å². The molecule has 2 heterocycles. The molecule has 1 aliphatic heterocycles. The summed E-state index contributed by atoms with van der Waals surface area (Å²) >= 11 is 0. The summed E-state index contributed by atoms with van der Waals surface area (Å²) in [5.41, 5.74) is 1.56. The SMILES string of the molecule is Cn1cc(C(=O)NC2CCN(CC3(c4cccc(F)c4)CCCC3)CC2)ccc1=O. The molecule has 6 heteroatoms. The Bertz CT molecular complexity index is 957. The Kier molecular flexibility index (Phi) is 6.04. The summed E-state index contributed by atoms with van der Waals surface area (Å²) < 4.78 is 15.3. The summed E-state index contributed by atoms with van der Waals surface area (Å²) in [5.74, 6) is -0.283. The molecule has 2 aromatic rings. The van der Waals surface area contributed by atoms with E-state index in [1.165, 1.54) is 29.5 Å². The molecular weight excluding hydrogens is 381 g/mol. The third-order valence-corrected chi connectivity index (χ3v) is 6.79. The number of aryl methyl sites for hydroxylation is 1. The van der Waals surface area contributed by atoms with E-state index in [4.69, 9.17) is 0 Å². The van der Waals surface area contributed by atoms with Crippen molar-refractivity contribution in [2.45, 2.75) is 50.0 Å². The molecule has 1 saturated carbocycles. The molecule has 1 N–H and O–H groups in total. The normalized spacial score (nSPS) is 19.7. The summed E-state index contributed by atoms with van der Waals surface area (Å²) in [4.78, 5) is 26.5. The number of nitrogens with zero attached hydrogens (tertiary/aromatic N) is 2. The van der Waals surface area contributed by atoms with Crippen LogP contribution in [0.15, 0.2) is 47.4 Å². The highest BCUT2D eigenvalue weighted by molar-refractivity contribution is 5.94. The number of aromatic nitrogens is 1. The lowest BCUT2D eigenvalue weighted by molar-refractivity contribution is 0.0900. The van der Waals surface area contributed by atoms with Crippen LogP contribution in [0.3, 0.4) is 0 Å². The first-order valence-corrected chi connectivity index (χ1v) is 10.9. The van der Waals surface area contributed by atoms with Crippen molar-refractivity contribution in [3.63, 3.8) is 0 Å². The van der Waals surface area contributed by atoms with Crippen LogP contribution in [0.2, 0.25) is 0 Å². The molecule has 5 nitrogen and oxygen atoms in total. The van der Waals surface area contributed by atoms with E-state index >= 15 is 0 Å². The number of halogens is 1. The average Bonchev–Trinajstić information content (AvgIpc) is 3.21. The second-order valence-electron chi connectivity index (χ2n) is 8.89. The molecule has 0 unspecified atom stereocenters. The Balaban J connectivity index is 1.35. The van der Waals surface area contributed by atoms with Crippen molar-refractivity contribution in [2.75, 3.05) is 19.6 Å². The van der Waals surface area contributed by atoms with Gasteiger partial charge in [-0.05, 0) is 49.4 Å². The van der Waals surface area contributed by atoms with Gasteiger partial charge in [-0.2, -0.15) is 0 Å². The van der Waals surface area contributed by atoms with Gasteiger partial charge in [-0.25, -0.2) is 4.39 Å². The zero-order valence-electron chi connectivity index (χ0n) is 17.6. The average molecular weight is 412 g/mol. The number of carbonyl (C=O) groups excluding carboxylic acids is 1. The number of pyridine rings is 1. The van der Waals surface area contributed by atoms with Gasteiger partial charge in [0.15, 0.2) is 0 Å². The van der Waals surface area contributed by atoms with Crippen LogP contribution in [0.1, 0.15) is 54.4 Å². The van der Waals surface area contributed by atoms with Gasteiger partial charge in [0.05, 0.1) is 5.56 Å². The topological polar surface area (TPSA) is 54.3 Å². The Morgan fingerprint density at radius 1 is 1.17 bits per heavy atom. The summed E-state index contributed by atoms with van der Waals surface area (Å²) in [6.45, 7) is 2.81. The largest absolute Gasteiger partial charge is 0.349 e. The number of hydrogen-bond donors (Lipinski definition) is 1. The minimum atomic E-state index is -0.154. The minimum absolute atomic E-state index is 0.0486. The van der Waals surface area contributed by atoms with E-state index in [9.17, 15) is 14.0 Å². The van der Waals surface area contributed by atoms with E-state index in [2.05, 4.69) is 16.3 Å². The number of benzene rings is 1. The van der Waals surface area contributed by atoms with Gasteiger partial charge in [0.1, 0.15) is 5.82 Å². The van der Waals surface area contributed by atoms with Gasteiger partial charge in [0.2, 0.25) is 5.56 Å². The van der Waals surface area contributed by atoms with Gasteiger partial charge in [0, 0.05) is 50.4 Å². The van der Waals surface area contributed by atoms with Gasteiger partial charge in [-0.3, -0.25) is 9.59 Å². The first-order valence-electron chi connectivity index (χ1n) is 10.9. The zero-order chi connectivity index (χ0) is 21.1. The molecule has 30 heavy (non-hydrogen) atoms. The van der Waals surface area contributed by atoms with E-state index in [1.807, 2.05) is 6.07 Å². The summed E-state index contributed by atoms with van der Waals surface area (Å²) in [6, 6.07) is 10.3. The molecule has 1 aromatic heterocycles. The van der Waals surface area contributed by atoms with E-state index < -0.39 is 0 Å². The number of carbonyl (C=O) groups is 1. The van der Waals surface area contributed by atoms with Crippen LogP contribution in [0, 0.1) is 5.82 Å². The molecule has 4 rings (SSSR count). The number of rotatable bonds is 5. The number of nitrogens with one attached hydrogen (secondary N) is 1. The van der Waals surface area contributed by atoms with Crippen molar-refractivity contribution in [1.29, 1.82) is 0 Å². The molecule has 0 radical (unpaired) electrons. The van der Waals surface area contributed by atoms with E-state index in [0.717, 1.165) is 50.9 Å². The fourth-order valence-electron chi connectivity index (χ4n) is 5.07. The lowest BCUT2D eigenvalue weighted by Crippen LogP contribution is -2.48. The molecular formula is C24H30FN3O2. The lowest BCUT2D eigenvalue weighted by Gasteiger charge is -2.39. The Hall–Kier alpha value is -2.47. The predicted octanol–water partition coefficient (Wildman–Crippen LogP) is 3.23. The first-order chi connectivity index (χ1) is 14.4. The van der Waals surface area contributed by atoms with Crippen LogP contribution in [-0.4, -0.2) is 41.1 Å². The van der Waals surface area contributed by atoms with Crippen molar-refractivity contribution >= 4 is 5.91 Å². The fourth-order valence-corrected chi connectivity index (χ4v) is 5.07. The number of amides is 1. The molecule has 160 valence electrons. The van der Waals surface area contributed by atoms with Crippen molar-refractivity contribution in [3.8, 4) is 0 Å². The molecule has 1 aromatic carbocycles. The predicted molar refractivity (Wildman–Crippen MR) is 115 cm³/mol. The second kappa shape index (κ2) is 8.72. The highest BCUT2D eigenvalue weighted by Crippen LogP contribution is 2.42. The van der Waals surface area contributed by atoms with E-state index in [1.54, 1.807) is 25.4 Å². The van der Waals surface area contributed by atoms with Crippen molar-refractivity contribution in [1.82, 2.24) is 14.8 Å². The van der Waals surface area contributed by atoms with Crippen LogP contribution in [0.4, 0.5) is 4.39 Å². The van der Waals surface area contributed by atoms with E-state index in [-0.39, 0.29) is 28.7 Å².